The molecule has 1 aromatic rings. The summed E-state index contributed by atoms with van der Waals surface area (Å²) >= 11 is 0. The maximum absolute atomic E-state index is 5.92. The van der Waals surface area contributed by atoms with Gasteiger partial charge in [-0.05, 0) is 45.8 Å². The lowest BCUT2D eigenvalue weighted by atomic mass is 10.1. The van der Waals surface area contributed by atoms with Crippen molar-refractivity contribution in [2.24, 2.45) is 0 Å². The molecule has 3 heteroatoms. The van der Waals surface area contributed by atoms with Crippen molar-refractivity contribution >= 4 is 0 Å². The number of nitrogens with one attached hydrogen (secondary N) is 1. The predicted molar refractivity (Wildman–Crippen MR) is 79.2 cm³/mol. The first kappa shape index (κ1) is 14.6. The van der Waals surface area contributed by atoms with Gasteiger partial charge >= 0.3 is 0 Å². The molecule has 0 amide bonds. The largest absolute Gasteiger partial charge is 0.465 e. The molecule has 1 N–H and O–H groups in total. The molecule has 0 spiro atoms. The number of nitrogens with zero attached hydrogens (tertiary/aromatic N) is 1. The molecule has 19 heavy (non-hydrogen) atoms. The van der Waals surface area contributed by atoms with Crippen LogP contribution in [-0.2, 0) is 13.1 Å². The van der Waals surface area contributed by atoms with Crippen LogP contribution in [0.4, 0.5) is 0 Å². The molecule has 2 heterocycles. The molecular formula is C16H28N2O. The first-order valence-corrected chi connectivity index (χ1v) is 7.71. The van der Waals surface area contributed by atoms with Gasteiger partial charge in [-0.25, -0.2) is 0 Å². The topological polar surface area (TPSA) is 28.4 Å². The molecular weight excluding hydrogens is 236 g/mol. The molecule has 2 rings (SSSR count). The Balaban J connectivity index is 2.03. The zero-order valence-electron chi connectivity index (χ0n) is 12.7. The van der Waals surface area contributed by atoms with E-state index in [4.69, 9.17) is 4.42 Å². The number of furan rings is 1. The van der Waals surface area contributed by atoms with Crippen molar-refractivity contribution < 1.29 is 4.42 Å². The summed E-state index contributed by atoms with van der Waals surface area (Å²) < 4.78 is 5.92. The number of rotatable bonds is 5. The first-order valence-electron chi connectivity index (χ1n) is 7.71. The highest BCUT2D eigenvalue weighted by Gasteiger charge is 2.21. The highest BCUT2D eigenvalue weighted by Crippen LogP contribution is 2.23. The summed E-state index contributed by atoms with van der Waals surface area (Å²) in [6, 6.07) is 2.96. The fourth-order valence-corrected chi connectivity index (χ4v) is 3.14. The van der Waals surface area contributed by atoms with E-state index in [2.05, 4.69) is 30.1 Å². The van der Waals surface area contributed by atoms with E-state index >= 15 is 0 Å². The van der Waals surface area contributed by atoms with Crippen LogP contribution in [0.3, 0.4) is 0 Å². The standard InChI is InChI=1S/C16H28N2O/c1-4-15-8-6-5-7-9-18(15)12-16-10-14(11-17-3)13(2)19-16/h10,15,17H,4-9,11-12H2,1-3H3. The summed E-state index contributed by atoms with van der Waals surface area (Å²) in [5.74, 6) is 2.19. The summed E-state index contributed by atoms with van der Waals surface area (Å²) in [5, 5.41) is 3.20. The Hall–Kier alpha value is -0.800. The Morgan fingerprint density at radius 3 is 2.95 bits per heavy atom. The molecule has 0 aromatic carbocycles. The number of hydrogen-bond donors (Lipinski definition) is 1. The van der Waals surface area contributed by atoms with Crippen molar-refractivity contribution in [3.63, 3.8) is 0 Å². The van der Waals surface area contributed by atoms with Gasteiger partial charge in [-0.3, -0.25) is 4.90 Å². The van der Waals surface area contributed by atoms with Gasteiger partial charge in [0.1, 0.15) is 11.5 Å². The van der Waals surface area contributed by atoms with Crippen LogP contribution in [0.1, 0.15) is 56.1 Å². The fourth-order valence-electron chi connectivity index (χ4n) is 3.14. The van der Waals surface area contributed by atoms with Gasteiger partial charge in [-0.15, -0.1) is 0 Å². The second-order valence-electron chi connectivity index (χ2n) is 5.71. The fraction of sp³-hybridized carbons (Fsp3) is 0.750. The molecule has 1 saturated heterocycles. The Morgan fingerprint density at radius 1 is 1.37 bits per heavy atom. The van der Waals surface area contributed by atoms with Gasteiger partial charge in [-0.2, -0.15) is 0 Å². The molecule has 0 radical (unpaired) electrons. The number of hydrogen-bond acceptors (Lipinski definition) is 3. The van der Waals surface area contributed by atoms with E-state index in [-0.39, 0.29) is 0 Å². The van der Waals surface area contributed by atoms with Crippen LogP contribution in [0.2, 0.25) is 0 Å². The first-order chi connectivity index (χ1) is 9.24. The van der Waals surface area contributed by atoms with Crippen LogP contribution in [0.5, 0.6) is 0 Å². The number of aryl methyl sites for hydroxylation is 1. The summed E-state index contributed by atoms with van der Waals surface area (Å²) in [6.45, 7) is 7.47. The third-order valence-corrected chi connectivity index (χ3v) is 4.27. The van der Waals surface area contributed by atoms with E-state index in [1.165, 1.54) is 44.2 Å². The van der Waals surface area contributed by atoms with Gasteiger partial charge in [0.15, 0.2) is 0 Å². The van der Waals surface area contributed by atoms with Crippen LogP contribution in [0.15, 0.2) is 10.5 Å². The average Bonchev–Trinajstić information content (AvgIpc) is 2.62. The molecule has 108 valence electrons. The van der Waals surface area contributed by atoms with Crippen LogP contribution in [0, 0.1) is 6.92 Å². The smallest absolute Gasteiger partial charge is 0.118 e. The molecule has 0 bridgehead atoms. The van der Waals surface area contributed by atoms with Gasteiger partial charge in [0.05, 0.1) is 6.54 Å². The second-order valence-corrected chi connectivity index (χ2v) is 5.71. The summed E-state index contributed by atoms with van der Waals surface area (Å²) in [7, 11) is 1.98. The molecule has 1 unspecified atom stereocenters. The second kappa shape index (κ2) is 7.11. The van der Waals surface area contributed by atoms with E-state index in [1.807, 2.05) is 7.05 Å². The predicted octanol–water partition coefficient (Wildman–Crippen LogP) is 3.46. The zero-order chi connectivity index (χ0) is 13.7. The monoisotopic (exact) mass is 264 g/mol. The molecule has 0 saturated carbocycles. The lowest BCUT2D eigenvalue weighted by molar-refractivity contribution is 0.172. The van der Waals surface area contributed by atoms with Crippen molar-refractivity contribution in [1.29, 1.82) is 0 Å². The van der Waals surface area contributed by atoms with E-state index < -0.39 is 0 Å². The van der Waals surface area contributed by atoms with Gasteiger partial charge < -0.3 is 9.73 Å². The molecule has 1 aliphatic heterocycles. The van der Waals surface area contributed by atoms with Gasteiger partial charge in [0, 0.05) is 18.2 Å². The minimum atomic E-state index is 0.737. The molecule has 3 nitrogen and oxygen atoms in total. The van der Waals surface area contributed by atoms with E-state index in [0.717, 1.165) is 30.7 Å². The van der Waals surface area contributed by atoms with Gasteiger partial charge in [-0.1, -0.05) is 19.8 Å². The normalized spacial score (nSPS) is 21.5. The summed E-state index contributed by atoms with van der Waals surface area (Å²) in [6.07, 6.45) is 6.70. The van der Waals surface area contributed by atoms with Gasteiger partial charge in [0.25, 0.3) is 0 Å². The SMILES string of the molecule is CCC1CCCCCN1Cc1cc(CNC)c(C)o1. The molecule has 1 aliphatic rings. The molecule has 0 aliphatic carbocycles. The minimum absolute atomic E-state index is 0.737. The minimum Gasteiger partial charge on any atom is -0.465 e. The molecule has 1 aromatic heterocycles. The van der Waals surface area contributed by atoms with Crippen molar-refractivity contribution in [3.8, 4) is 0 Å². The lowest BCUT2D eigenvalue weighted by Gasteiger charge is -2.28. The average molecular weight is 264 g/mol. The van der Waals surface area contributed by atoms with Gasteiger partial charge in [0.2, 0.25) is 0 Å². The Labute approximate surface area is 117 Å². The molecule has 1 fully saturated rings. The van der Waals surface area contributed by atoms with Crippen LogP contribution in [-0.4, -0.2) is 24.5 Å². The zero-order valence-corrected chi connectivity index (χ0v) is 12.7. The van der Waals surface area contributed by atoms with Crippen LogP contribution in [0.25, 0.3) is 0 Å². The van der Waals surface area contributed by atoms with E-state index in [0.29, 0.717) is 0 Å². The highest BCUT2D eigenvalue weighted by atomic mass is 16.3. The van der Waals surface area contributed by atoms with E-state index in [9.17, 15) is 0 Å². The summed E-state index contributed by atoms with van der Waals surface area (Å²) in [5.41, 5.74) is 1.29. The number of likely N-dealkylation sites (tertiary alicyclic amines) is 1. The van der Waals surface area contributed by atoms with Crippen molar-refractivity contribution in [2.45, 2.75) is 65.1 Å². The quantitative estimate of drug-likeness (QED) is 0.883. The van der Waals surface area contributed by atoms with Crippen LogP contribution >= 0.6 is 0 Å². The third kappa shape index (κ3) is 3.83. The Bertz CT molecular complexity index is 386. The van der Waals surface area contributed by atoms with Crippen LogP contribution < -0.4 is 5.32 Å². The van der Waals surface area contributed by atoms with Crippen molar-refractivity contribution in [2.75, 3.05) is 13.6 Å². The van der Waals surface area contributed by atoms with Crippen molar-refractivity contribution in [1.82, 2.24) is 10.2 Å². The highest BCUT2D eigenvalue weighted by molar-refractivity contribution is 5.20. The maximum Gasteiger partial charge on any atom is 0.118 e. The van der Waals surface area contributed by atoms with E-state index in [1.54, 1.807) is 0 Å². The Kier molecular flexibility index (Phi) is 5.46. The summed E-state index contributed by atoms with van der Waals surface area (Å²) in [4.78, 5) is 2.62. The third-order valence-electron chi connectivity index (χ3n) is 4.27. The lowest BCUT2D eigenvalue weighted by Crippen LogP contribution is -2.33. The molecule has 1 atom stereocenters. The maximum atomic E-state index is 5.92. The Morgan fingerprint density at radius 2 is 2.21 bits per heavy atom. The van der Waals surface area contributed by atoms with Crippen molar-refractivity contribution in [3.05, 3.63) is 23.2 Å².